The zero-order valence-electron chi connectivity index (χ0n) is 6.37. The summed E-state index contributed by atoms with van der Waals surface area (Å²) in [6.07, 6.45) is 1.98. The van der Waals surface area contributed by atoms with E-state index in [9.17, 15) is 0 Å². The number of nitrogens with two attached hydrogens (primary N) is 1. The highest BCUT2D eigenvalue weighted by molar-refractivity contribution is 7.98. The van der Waals surface area contributed by atoms with Crippen LogP contribution in [0.4, 0.5) is 5.69 Å². The minimum Gasteiger partial charge on any atom is -0.399 e. The van der Waals surface area contributed by atoms with E-state index in [1.54, 1.807) is 17.8 Å². The molecule has 0 radical (unpaired) electrons. The molecule has 0 aliphatic rings. The van der Waals surface area contributed by atoms with Crippen molar-refractivity contribution >= 4 is 17.4 Å². The summed E-state index contributed by atoms with van der Waals surface area (Å²) in [4.78, 5) is 1.08. The Balaban J connectivity index is 3.06. The Hall–Kier alpha value is -0.670. The van der Waals surface area contributed by atoms with Gasteiger partial charge in [-0.3, -0.25) is 0 Å². The third-order valence-electron chi connectivity index (χ3n) is 1.47. The van der Waals surface area contributed by atoms with Gasteiger partial charge in [-0.2, -0.15) is 0 Å². The smallest absolute Gasteiger partial charge is 0.0693 e. The molecule has 1 rings (SSSR count). The van der Waals surface area contributed by atoms with E-state index in [1.807, 2.05) is 18.4 Å². The summed E-state index contributed by atoms with van der Waals surface area (Å²) in [6, 6.07) is 5.56. The lowest BCUT2D eigenvalue weighted by molar-refractivity contribution is 0.279. The number of aliphatic hydroxyl groups is 1. The van der Waals surface area contributed by atoms with Gasteiger partial charge in [0.1, 0.15) is 0 Å². The second-order valence-electron chi connectivity index (χ2n) is 2.23. The van der Waals surface area contributed by atoms with Crippen LogP contribution in [0, 0.1) is 0 Å². The molecule has 3 N–H and O–H groups in total. The van der Waals surface area contributed by atoms with Crippen LogP contribution in [0.25, 0.3) is 0 Å². The molecular weight excluding hydrogens is 158 g/mol. The number of nitrogen functional groups attached to an aromatic ring is 1. The normalized spacial score (nSPS) is 10.0. The van der Waals surface area contributed by atoms with E-state index in [2.05, 4.69) is 0 Å². The fraction of sp³-hybridized carbons (Fsp3) is 0.250. The SMILES string of the molecule is CSc1ccc(N)cc1CO. The molecule has 1 aromatic rings. The van der Waals surface area contributed by atoms with Crippen LogP contribution < -0.4 is 5.73 Å². The molecule has 0 atom stereocenters. The molecule has 0 unspecified atom stereocenters. The summed E-state index contributed by atoms with van der Waals surface area (Å²) < 4.78 is 0. The van der Waals surface area contributed by atoms with Gasteiger partial charge in [0.15, 0.2) is 0 Å². The summed E-state index contributed by atoms with van der Waals surface area (Å²) in [5, 5.41) is 8.91. The maximum Gasteiger partial charge on any atom is 0.0693 e. The van der Waals surface area contributed by atoms with Crippen LogP contribution in [0.3, 0.4) is 0 Å². The Labute approximate surface area is 70.4 Å². The largest absolute Gasteiger partial charge is 0.399 e. The molecule has 0 heterocycles. The standard InChI is InChI=1S/C8H11NOS/c1-11-8-3-2-7(9)4-6(8)5-10/h2-4,10H,5,9H2,1H3. The first-order valence-electron chi connectivity index (χ1n) is 3.31. The van der Waals surface area contributed by atoms with Crippen LogP contribution in [0.2, 0.25) is 0 Å². The van der Waals surface area contributed by atoms with Gasteiger partial charge < -0.3 is 10.8 Å². The van der Waals surface area contributed by atoms with Crippen LogP contribution in [0.1, 0.15) is 5.56 Å². The first-order chi connectivity index (χ1) is 5.27. The second-order valence-corrected chi connectivity index (χ2v) is 3.08. The Bertz CT molecular complexity index is 250. The fourth-order valence-electron chi connectivity index (χ4n) is 0.922. The van der Waals surface area contributed by atoms with Gasteiger partial charge in [-0.15, -0.1) is 11.8 Å². The van der Waals surface area contributed by atoms with Crippen LogP contribution >= 0.6 is 11.8 Å². The highest BCUT2D eigenvalue weighted by Gasteiger charge is 1.99. The number of aliphatic hydroxyl groups excluding tert-OH is 1. The van der Waals surface area contributed by atoms with Gasteiger partial charge in [0.05, 0.1) is 6.61 Å². The third kappa shape index (κ3) is 1.88. The number of benzene rings is 1. The first kappa shape index (κ1) is 8.43. The lowest BCUT2D eigenvalue weighted by Crippen LogP contribution is -1.91. The molecule has 2 nitrogen and oxygen atoms in total. The molecule has 0 spiro atoms. The number of rotatable bonds is 2. The first-order valence-corrected chi connectivity index (χ1v) is 4.53. The van der Waals surface area contributed by atoms with Crippen molar-refractivity contribution in [1.29, 1.82) is 0 Å². The van der Waals surface area contributed by atoms with Crippen LogP contribution in [0.15, 0.2) is 23.1 Å². The lowest BCUT2D eigenvalue weighted by atomic mass is 10.2. The van der Waals surface area contributed by atoms with Crippen LogP contribution in [0.5, 0.6) is 0 Å². The van der Waals surface area contributed by atoms with Gasteiger partial charge in [0.2, 0.25) is 0 Å². The maximum absolute atomic E-state index is 8.91. The number of hydrogen-bond donors (Lipinski definition) is 2. The minimum atomic E-state index is 0.0568. The highest BCUT2D eigenvalue weighted by atomic mass is 32.2. The Morgan fingerprint density at radius 3 is 2.82 bits per heavy atom. The number of anilines is 1. The molecule has 60 valence electrons. The van der Waals surface area contributed by atoms with Gasteiger partial charge in [-0.05, 0) is 30.0 Å². The molecule has 0 bridgehead atoms. The zero-order valence-corrected chi connectivity index (χ0v) is 7.19. The van der Waals surface area contributed by atoms with Crippen molar-refractivity contribution in [2.45, 2.75) is 11.5 Å². The van der Waals surface area contributed by atoms with Crippen molar-refractivity contribution in [3.05, 3.63) is 23.8 Å². The van der Waals surface area contributed by atoms with E-state index >= 15 is 0 Å². The van der Waals surface area contributed by atoms with E-state index in [0.29, 0.717) is 5.69 Å². The molecule has 11 heavy (non-hydrogen) atoms. The molecule has 0 aliphatic heterocycles. The number of thioether (sulfide) groups is 1. The van der Waals surface area contributed by atoms with Gasteiger partial charge in [-0.25, -0.2) is 0 Å². The quantitative estimate of drug-likeness (QED) is 0.520. The second kappa shape index (κ2) is 3.64. The Kier molecular flexibility index (Phi) is 2.79. The average Bonchev–Trinajstić information content (AvgIpc) is 2.04. The summed E-state index contributed by atoms with van der Waals surface area (Å²) in [7, 11) is 0. The average molecular weight is 169 g/mol. The predicted octanol–water partition coefficient (Wildman–Crippen LogP) is 1.48. The molecular formula is C8H11NOS. The Morgan fingerprint density at radius 1 is 1.55 bits per heavy atom. The molecule has 0 saturated carbocycles. The van der Waals surface area contributed by atoms with E-state index < -0.39 is 0 Å². The van der Waals surface area contributed by atoms with E-state index in [1.165, 1.54) is 0 Å². The van der Waals surface area contributed by atoms with Crippen molar-refractivity contribution in [2.24, 2.45) is 0 Å². The topological polar surface area (TPSA) is 46.2 Å². The monoisotopic (exact) mass is 169 g/mol. The Morgan fingerprint density at radius 2 is 2.27 bits per heavy atom. The van der Waals surface area contributed by atoms with Crippen molar-refractivity contribution in [1.82, 2.24) is 0 Å². The lowest BCUT2D eigenvalue weighted by Gasteiger charge is -2.04. The summed E-state index contributed by atoms with van der Waals surface area (Å²) >= 11 is 1.61. The molecule has 1 aromatic carbocycles. The van der Waals surface area contributed by atoms with Gasteiger partial charge in [0, 0.05) is 10.6 Å². The van der Waals surface area contributed by atoms with Gasteiger partial charge >= 0.3 is 0 Å². The van der Waals surface area contributed by atoms with Crippen molar-refractivity contribution in [3.8, 4) is 0 Å². The highest BCUT2D eigenvalue weighted by Crippen LogP contribution is 2.22. The van der Waals surface area contributed by atoms with E-state index in [0.717, 1.165) is 10.5 Å². The summed E-state index contributed by atoms with van der Waals surface area (Å²) in [5.74, 6) is 0. The summed E-state index contributed by atoms with van der Waals surface area (Å²) in [5.41, 5.74) is 7.14. The zero-order chi connectivity index (χ0) is 8.27. The van der Waals surface area contributed by atoms with Gasteiger partial charge in [-0.1, -0.05) is 0 Å². The molecule has 3 heteroatoms. The molecule has 0 aliphatic carbocycles. The van der Waals surface area contributed by atoms with E-state index in [-0.39, 0.29) is 6.61 Å². The molecule has 0 saturated heterocycles. The van der Waals surface area contributed by atoms with Crippen LogP contribution in [-0.2, 0) is 6.61 Å². The third-order valence-corrected chi connectivity index (χ3v) is 2.31. The number of hydrogen-bond acceptors (Lipinski definition) is 3. The minimum absolute atomic E-state index is 0.0568. The fourth-order valence-corrected chi connectivity index (χ4v) is 1.51. The molecule has 0 amide bonds. The van der Waals surface area contributed by atoms with Crippen molar-refractivity contribution in [2.75, 3.05) is 12.0 Å². The summed E-state index contributed by atoms with van der Waals surface area (Å²) in [6.45, 7) is 0.0568. The predicted molar refractivity (Wildman–Crippen MR) is 48.6 cm³/mol. The van der Waals surface area contributed by atoms with Crippen molar-refractivity contribution < 1.29 is 5.11 Å². The molecule has 0 fully saturated rings. The van der Waals surface area contributed by atoms with Gasteiger partial charge in [0.25, 0.3) is 0 Å². The van der Waals surface area contributed by atoms with Crippen LogP contribution in [-0.4, -0.2) is 11.4 Å². The molecule has 0 aromatic heterocycles. The van der Waals surface area contributed by atoms with Crippen molar-refractivity contribution in [3.63, 3.8) is 0 Å². The maximum atomic E-state index is 8.91. The van der Waals surface area contributed by atoms with E-state index in [4.69, 9.17) is 10.8 Å².